The molecule has 0 aliphatic carbocycles. The number of carbonyl (C=O) groups excluding carboxylic acids is 1. The van der Waals surface area contributed by atoms with Crippen LogP contribution in [0.3, 0.4) is 0 Å². The smallest absolute Gasteiger partial charge is 0.227 e. The van der Waals surface area contributed by atoms with Crippen LogP contribution in [0.1, 0.15) is 16.7 Å². The number of hydrogen-bond acceptors (Lipinski definition) is 4. The number of hydrogen-bond donors (Lipinski definition) is 0. The highest BCUT2D eigenvalue weighted by Gasteiger charge is 2.23. The molecular weight excluding hydrogens is 378 g/mol. The molecule has 0 saturated carbocycles. The molecule has 27 heavy (non-hydrogen) atoms. The Balaban J connectivity index is 1.40. The van der Waals surface area contributed by atoms with E-state index in [2.05, 4.69) is 24.0 Å². The van der Waals surface area contributed by atoms with Crippen LogP contribution in [0.15, 0.2) is 36.4 Å². The van der Waals surface area contributed by atoms with Gasteiger partial charge in [-0.1, -0.05) is 52.8 Å². The second-order valence-electron chi connectivity index (χ2n) is 7.05. The first kappa shape index (κ1) is 18.3. The molecule has 4 rings (SSSR count). The van der Waals surface area contributed by atoms with Crippen LogP contribution >= 0.6 is 22.9 Å². The molecule has 2 heterocycles. The maximum Gasteiger partial charge on any atom is 0.227 e. The average Bonchev–Trinajstić information content (AvgIpc) is 3.12. The van der Waals surface area contributed by atoms with Gasteiger partial charge in [0.25, 0.3) is 0 Å². The fourth-order valence-corrected chi connectivity index (χ4v) is 4.59. The first-order chi connectivity index (χ1) is 13.0. The molecule has 0 unspecified atom stereocenters. The minimum absolute atomic E-state index is 0.199. The van der Waals surface area contributed by atoms with Crippen LogP contribution in [0.5, 0.6) is 0 Å². The zero-order chi connectivity index (χ0) is 19.0. The highest BCUT2D eigenvalue weighted by Crippen LogP contribution is 2.33. The Bertz CT molecular complexity index is 975. The summed E-state index contributed by atoms with van der Waals surface area (Å²) in [7, 11) is 0. The van der Waals surface area contributed by atoms with Crippen molar-refractivity contribution in [2.45, 2.75) is 20.3 Å². The van der Waals surface area contributed by atoms with Gasteiger partial charge in [0.15, 0.2) is 5.13 Å². The zero-order valence-electron chi connectivity index (χ0n) is 15.5. The third kappa shape index (κ3) is 3.80. The van der Waals surface area contributed by atoms with E-state index in [1.165, 1.54) is 5.56 Å². The Morgan fingerprint density at radius 1 is 1.07 bits per heavy atom. The van der Waals surface area contributed by atoms with E-state index in [0.717, 1.165) is 57.7 Å². The first-order valence-corrected chi connectivity index (χ1v) is 10.3. The van der Waals surface area contributed by atoms with Crippen LogP contribution in [0, 0.1) is 13.8 Å². The van der Waals surface area contributed by atoms with Crippen LogP contribution in [-0.2, 0) is 11.2 Å². The molecule has 1 saturated heterocycles. The molecule has 1 fully saturated rings. The van der Waals surface area contributed by atoms with Crippen LogP contribution in [-0.4, -0.2) is 42.0 Å². The van der Waals surface area contributed by atoms with Gasteiger partial charge in [0, 0.05) is 31.2 Å². The summed E-state index contributed by atoms with van der Waals surface area (Å²) in [5.41, 5.74) is 4.31. The molecule has 0 radical (unpaired) electrons. The molecule has 1 amide bonds. The van der Waals surface area contributed by atoms with Gasteiger partial charge in [-0.15, -0.1) is 0 Å². The van der Waals surface area contributed by atoms with E-state index in [9.17, 15) is 4.79 Å². The van der Waals surface area contributed by atoms with Crippen molar-refractivity contribution in [3.63, 3.8) is 0 Å². The van der Waals surface area contributed by atoms with Crippen molar-refractivity contribution < 1.29 is 4.79 Å². The highest BCUT2D eigenvalue weighted by atomic mass is 35.5. The van der Waals surface area contributed by atoms with Crippen molar-refractivity contribution in [3.05, 3.63) is 58.1 Å². The third-order valence-corrected chi connectivity index (χ3v) is 6.61. The van der Waals surface area contributed by atoms with E-state index in [-0.39, 0.29) is 5.91 Å². The number of halogens is 1. The van der Waals surface area contributed by atoms with Crippen LogP contribution < -0.4 is 4.90 Å². The van der Waals surface area contributed by atoms with Crippen molar-refractivity contribution in [2.75, 3.05) is 31.1 Å². The number of rotatable bonds is 3. The van der Waals surface area contributed by atoms with Gasteiger partial charge in [0.1, 0.15) is 0 Å². The Morgan fingerprint density at radius 2 is 1.78 bits per heavy atom. The predicted molar refractivity (Wildman–Crippen MR) is 113 cm³/mol. The average molecular weight is 400 g/mol. The van der Waals surface area contributed by atoms with Crippen LogP contribution in [0.25, 0.3) is 10.2 Å². The summed E-state index contributed by atoms with van der Waals surface area (Å²) in [4.78, 5) is 21.6. The SMILES string of the molecule is Cc1ccc(CC(=O)N2CCN(c3nc4c(C)c(Cl)ccc4s3)CC2)cc1. The van der Waals surface area contributed by atoms with E-state index < -0.39 is 0 Å². The van der Waals surface area contributed by atoms with Gasteiger partial charge in [-0.05, 0) is 37.1 Å². The van der Waals surface area contributed by atoms with Crippen molar-refractivity contribution in [3.8, 4) is 0 Å². The number of aromatic nitrogens is 1. The molecule has 3 aromatic rings. The number of benzene rings is 2. The molecule has 0 spiro atoms. The molecule has 0 N–H and O–H groups in total. The molecule has 2 aromatic carbocycles. The number of anilines is 1. The predicted octanol–water partition coefficient (Wildman–Crippen LogP) is 4.46. The van der Waals surface area contributed by atoms with E-state index in [0.29, 0.717) is 6.42 Å². The molecule has 1 aromatic heterocycles. The fourth-order valence-electron chi connectivity index (χ4n) is 3.36. The summed E-state index contributed by atoms with van der Waals surface area (Å²) in [6.45, 7) is 7.16. The Morgan fingerprint density at radius 3 is 2.48 bits per heavy atom. The lowest BCUT2D eigenvalue weighted by atomic mass is 10.1. The lowest BCUT2D eigenvalue weighted by Gasteiger charge is -2.34. The maximum atomic E-state index is 12.6. The summed E-state index contributed by atoms with van der Waals surface area (Å²) in [5.74, 6) is 0.199. The molecule has 140 valence electrons. The Hall–Kier alpha value is -2.11. The van der Waals surface area contributed by atoms with Crippen molar-refractivity contribution in [1.29, 1.82) is 0 Å². The van der Waals surface area contributed by atoms with Crippen molar-refractivity contribution >= 4 is 44.2 Å². The Labute approximate surface area is 168 Å². The van der Waals surface area contributed by atoms with Gasteiger partial charge in [-0.3, -0.25) is 4.79 Å². The molecule has 4 nitrogen and oxygen atoms in total. The quantitative estimate of drug-likeness (QED) is 0.652. The highest BCUT2D eigenvalue weighted by molar-refractivity contribution is 7.22. The maximum absolute atomic E-state index is 12.6. The largest absolute Gasteiger partial charge is 0.345 e. The van der Waals surface area contributed by atoms with E-state index in [1.807, 2.05) is 36.1 Å². The van der Waals surface area contributed by atoms with Gasteiger partial charge in [-0.25, -0.2) is 4.98 Å². The summed E-state index contributed by atoms with van der Waals surface area (Å²) in [5, 5.41) is 1.77. The molecule has 6 heteroatoms. The van der Waals surface area contributed by atoms with Gasteiger partial charge >= 0.3 is 0 Å². The molecule has 0 atom stereocenters. The number of fused-ring (bicyclic) bond motifs is 1. The van der Waals surface area contributed by atoms with Crippen LogP contribution in [0.4, 0.5) is 5.13 Å². The summed E-state index contributed by atoms with van der Waals surface area (Å²) in [6.07, 6.45) is 0.471. The third-order valence-electron chi connectivity index (χ3n) is 5.12. The number of thiazole rings is 1. The van der Waals surface area contributed by atoms with E-state index in [4.69, 9.17) is 16.6 Å². The van der Waals surface area contributed by atoms with Crippen LogP contribution in [0.2, 0.25) is 5.02 Å². The lowest BCUT2D eigenvalue weighted by molar-refractivity contribution is -0.130. The monoisotopic (exact) mass is 399 g/mol. The standard InChI is InChI=1S/C21H22ClN3OS/c1-14-3-5-16(6-4-14)13-19(26)24-9-11-25(12-10-24)21-23-20-15(2)17(22)7-8-18(20)27-21/h3-8H,9-13H2,1-2H3. The fraction of sp³-hybridized carbons (Fsp3) is 0.333. The minimum atomic E-state index is 0.199. The Kier molecular flexibility index (Phi) is 5.06. The number of amides is 1. The first-order valence-electron chi connectivity index (χ1n) is 9.15. The van der Waals surface area contributed by atoms with E-state index >= 15 is 0 Å². The van der Waals surface area contributed by atoms with E-state index in [1.54, 1.807) is 11.3 Å². The second kappa shape index (κ2) is 7.49. The molecule has 1 aliphatic heterocycles. The summed E-state index contributed by atoms with van der Waals surface area (Å²) >= 11 is 7.91. The van der Waals surface area contributed by atoms with Gasteiger partial charge in [-0.2, -0.15) is 0 Å². The molecule has 1 aliphatic rings. The number of carbonyl (C=O) groups is 1. The van der Waals surface area contributed by atoms with Crippen molar-refractivity contribution in [1.82, 2.24) is 9.88 Å². The number of nitrogens with zero attached hydrogens (tertiary/aromatic N) is 3. The normalized spacial score (nSPS) is 14.8. The van der Waals surface area contributed by atoms with Gasteiger partial charge < -0.3 is 9.80 Å². The number of piperazine rings is 1. The molecule has 0 bridgehead atoms. The topological polar surface area (TPSA) is 36.4 Å². The number of aryl methyl sites for hydroxylation is 2. The summed E-state index contributed by atoms with van der Waals surface area (Å²) < 4.78 is 1.16. The minimum Gasteiger partial charge on any atom is -0.345 e. The lowest BCUT2D eigenvalue weighted by Crippen LogP contribution is -2.49. The molecular formula is C21H22ClN3OS. The zero-order valence-corrected chi connectivity index (χ0v) is 17.1. The van der Waals surface area contributed by atoms with Gasteiger partial charge in [0.2, 0.25) is 5.91 Å². The second-order valence-corrected chi connectivity index (χ2v) is 8.46. The summed E-state index contributed by atoms with van der Waals surface area (Å²) in [6, 6.07) is 12.2. The van der Waals surface area contributed by atoms with Gasteiger partial charge in [0.05, 0.1) is 16.6 Å². The van der Waals surface area contributed by atoms with Crippen molar-refractivity contribution in [2.24, 2.45) is 0 Å².